The Morgan fingerprint density at radius 2 is 2.07 bits per heavy atom. The smallest absolute Gasteiger partial charge is 0.330 e. The first kappa shape index (κ1) is 18.8. The van der Waals surface area contributed by atoms with Gasteiger partial charge in [-0.05, 0) is 36.6 Å². The fraction of sp³-hybridized carbons (Fsp3) is 0.350. The number of amides is 1. The quantitative estimate of drug-likeness (QED) is 0.810. The van der Waals surface area contributed by atoms with Gasteiger partial charge in [0.15, 0.2) is 6.04 Å². The Morgan fingerprint density at radius 3 is 2.74 bits per heavy atom. The van der Waals surface area contributed by atoms with Gasteiger partial charge < -0.3 is 19.9 Å². The number of carboxylic acids is 1. The van der Waals surface area contributed by atoms with Crippen LogP contribution >= 0.6 is 0 Å². The molecule has 1 aliphatic rings. The first-order chi connectivity index (χ1) is 12.9. The zero-order valence-corrected chi connectivity index (χ0v) is 15.3. The summed E-state index contributed by atoms with van der Waals surface area (Å²) in [4.78, 5) is 28.4. The number of nitrogens with zero attached hydrogens (tertiary/aromatic N) is 1. The predicted octanol–water partition coefficient (Wildman–Crippen LogP) is 2.42. The number of hydrogen-bond donors (Lipinski definition) is 2. The molecule has 3 rings (SSSR count). The van der Waals surface area contributed by atoms with Gasteiger partial charge in [0.2, 0.25) is 5.88 Å². The third-order valence-corrected chi connectivity index (χ3v) is 4.56. The highest BCUT2D eigenvalue weighted by atomic mass is 16.5. The molecule has 1 aromatic carbocycles. The van der Waals surface area contributed by atoms with Crippen LogP contribution in [0.2, 0.25) is 0 Å². The number of carbonyl (C=O) groups excluding carboxylic acids is 1. The van der Waals surface area contributed by atoms with E-state index in [1.807, 2.05) is 19.9 Å². The van der Waals surface area contributed by atoms with Crippen LogP contribution in [0.3, 0.4) is 0 Å². The van der Waals surface area contributed by atoms with Crippen molar-refractivity contribution in [3.05, 3.63) is 58.8 Å². The van der Waals surface area contributed by atoms with Gasteiger partial charge in [0.05, 0.1) is 13.2 Å². The van der Waals surface area contributed by atoms with E-state index in [0.29, 0.717) is 24.7 Å². The van der Waals surface area contributed by atoms with Gasteiger partial charge in [-0.3, -0.25) is 4.79 Å². The van der Waals surface area contributed by atoms with Crippen LogP contribution in [0.5, 0.6) is 5.88 Å². The van der Waals surface area contributed by atoms with Crippen molar-refractivity contribution in [1.82, 2.24) is 10.3 Å². The van der Waals surface area contributed by atoms with Crippen molar-refractivity contribution in [1.29, 1.82) is 0 Å². The number of aryl methyl sites for hydroxylation is 2. The third-order valence-electron chi connectivity index (χ3n) is 4.56. The Labute approximate surface area is 157 Å². The highest BCUT2D eigenvalue weighted by Crippen LogP contribution is 2.20. The van der Waals surface area contributed by atoms with Crippen molar-refractivity contribution in [2.75, 3.05) is 13.2 Å². The summed E-state index contributed by atoms with van der Waals surface area (Å²) in [6.07, 6.45) is 2.15. The Bertz CT molecular complexity index is 846. The molecule has 0 aliphatic carbocycles. The largest absolute Gasteiger partial charge is 0.479 e. The third kappa shape index (κ3) is 4.62. The Kier molecular flexibility index (Phi) is 5.71. The van der Waals surface area contributed by atoms with E-state index in [1.54, 1.807) is 12.1 Å². The minimum absolute atomic E-state index is 0.0851. The van der Waals surface area contributed by atoms with E-state index in [9.17, 15) is 14.7 Å². The van der Waals surface area contributed by atoms with E-state index in [2.05, 4.69) is 10.3 Å². The molecule has 27 heavy (non-hydrogen) atoms. The summed E-state index contributed by atoms with van der Waals surface area (Å²) in [7, 11) is 0. The van der Waals surface area contributed by atoms with Crippen LogP contribution in [-0.4, -0.2) is 41.3 Å². The minimum Gasteiger partial charge on any atom is -0.479 e. The number of nitrogens with one attached hydrogen (secondary N) is 1. The van der Waals surface area contributed by atoms with Gasteiger partial charge in [-0.25, -0.2) is 9.78 Å². The average Bonchev–Trinajstić information content (AvgIpc) is 3.15. The lowest BCUT2D eigenvalue weighted by atomic mass is 10.0. The molecule has 0 radical (unpaired) electrons. The number of hydrogen-bond acceptors (Lipinski definition) is 5. The number of ether oxygens (including phenoxy) is 2. The van der Waals surface area contributed by atoms with Crippen LogP contribution in [0.4, 0.5) is 0 Å². The van der Waals surface area contributed by atoms with Crippen LogP contribution in [-0.2, 0) is 9.53 Å². The van der Waals surface area contributed by atoms with Gasteiger partial charge in [0, 0.05) is 24.2 Å². The number of pyridine rings is 1. The number of rotatable bonds is 6. The van der Waals surface area contributed by atoms with Gasteiger partial charge >= 0.3 is 5.97 Å². The van der Waals surface area contributed by atoms with Crippen LogP contribution in [0.15, 0.2) is 36.5 Å². The van der Waals surface area contributed by atoms with Gasteiger partial charge in [0.25, 0.3) is 5.91 Å². The molecule has 0 bridgehead atoms. The number of carboxylic acid groups (broad SMARTS) is 1. The van der Waals surface area contributed by atoms with Gasteiger partial charge in [-0.15, -0.1) is 0 Å². The lowest BCUT2D eigenvalue weighted by Crippen LogP contribution is -2.33. The topological polar surface area (TPSA) is 97.8 Å². The molecule has 7 heteroatoms. The standard InChI is InChI=1S/C20H22N2O5/c1-12-3-4-14(9-13(12)2)18(20(24)25)22-19(23)15-5-7-21-17(10-15)27-16-6-8-26-11-16/h3-5,7,9-10,16,18H,6,8,11H2,1-2H3,(H,22,23)(H,24,25). The van der Waals surface area contributed by atoms with Crippen molar-refractivity contribution in [2.24, 2.45) is 0 Å². The number of benzene rings is 1. The van der Waals surface area contributed by atoms with E-state index >= 15 is 0 Å². The molecule has 2 atom stereocenters. The molecule has 1 saturated heterocycles. The summed E-state index contributed by atoms with van der Waals surface area (Å²) >= 11 is 0. The maximum Gasteiger partial charge on any atom is 0.330 e. The molecule has 2 N–H and O–H groups in total. The number of carbonyl (C=O) groups is 2. The molecule has 1 aromatic heterocycles. The van der Waals surface area contributed by atoms with Crippen molar-refractivity contribution < 1.29 is 24.2 Å². The molecule has 1 fully saturated rings. The Hall–Kier alpha value is -2.93. The van der Waals surface area contributed by atoms with Crippen LogP contribution < -0.4 is 10.1 Å². The predicted molar refractivity (Wildman–Crippen MR) is 97.8 cm³/mol. The molecule has 0 saturated carbocycles. The molecule has 2 heterocycles. The monoisotopic (exact) mass is 370 g/mol. The highest BCUT2D eigenvalue weighted by Gasteiger charge is 2.24. The van der Waals surface area contributed by atoms with Gasteiger partial charge in [-0.2, -0.15) is 0 Å². The van der Waals surface area contributed by atoms with Crippen molar-refractivity contribution in [2.45, 2.75) is 32.4 Å². The maximum atomic E-state index is 12.6. The second-order valence-electron chi connectivity index (χ2n) is 6.57. The molecule has 142 valence electrons. The summed E-state index contributed by atoms with van der Waals surface area (Å²) in [5, 5.41) is 12.1. The molecule has 1 amide bonds. The number of aliphatic carboxylic acids is 1. The lowest BCUT2D eigenvalue weighted by Gasteiger charge is -2.17. The molecule has 7 nitrogen and oxygen atoms in total. The molecular formula is C20H22N2O5. The Morgan fingerprint density at radius 1 is 1.26 bits per heavy atom. The summed E-state index contributed by atoms with van der Waals surface area (Å²) in [6.45, 7) is 4.98. The van der Waals surface area contributed by atoms with Crippen molar-refractivity contribution in [3.63, 3.8) is 0 Å². The molecular weight excluding hydrogens is 348 g/mol. The van der Waals surface area contributed by atoms with Crippen LogP contribution in [0.25, 0.3) is 0 Å². The van der Waals surface area contributed by atoms with E-state index < -0.39 is 17.9 Å². The number of aromatic nitrogens is 1. The lowest BCUT2D eigenvalue weighted by molar-refractivity contribution is -0.139. The maximum absolute atomic E-state index is 12.6. The summed E-state index contributed by atoms with van der Waals surface area (Å²) in [6, 6.07) is 7.21. The van der Waals surface area contributed by atoms with E-state index in [4.69, 9.17) is 9.47 Å². The van der Waals surface area contributed by atoms with E-state index in [-0.39, 0.29) is 11.7 Å². The summed E-state index contributed by atoms with van der Waals surface area (Å²) in [5.41, 5.74) is 2.83. The normalized spacial score (nSPS) is 17.3. The second kappa shape index (κ2) is 8.18. The SMILES string of the molecule is Cc1ccc(C(NC(=O)c2ccnc(OC3CCOC3)c2)C(=O)O)cc1C. The first-order valence-corrected chi connectivity index (χ1v) is 8.75. The van der Waals surface area contributed by atoms with Gasteiger partial charge in [-0.1, -0.05) is 18.2 Å². The zero-order chi connectivity index (χ0) is 19.4. The molecule has 0 spiro atoms. The average molecular weight is 370 g/mol. The van der Waals surface area contributed by atoms with Gasteiger partial charge in [0.1, 0.15) is 6.10 Å². The second-order valence-corrected chi connectivity index (χ2v) is 6.57. The molecule has 2 unspecified atom stereocenters. The molecule has 1 aliphatic heterocycles. The van der Waals surface area contributed by atoms with Crippen molar-refractivity contribution in [3.8, 4) is 5.88 Å². The molecule has 2 aromatic rings. The van der Waals surface area contributed by atoms with E-state index in [1.165, 1.54) is 18.3 Å². The summed E-state index contributed by atoms with van der Waals surface area (Å²) < 4.78 is 11.0. The Balaban J connectivity index is 1.75. The van der Waals surface area contributed by atoms with Crippen LogP contribution in [0, 0.1) is 13.8 Å². The summed E-state index contributed by atoms with van der Waals surface area (Å²) in [5.74, 6) is -1.31. The fourth-order valence-electron chi connectivity index (χ4n) is 2.84. The fourth-order valence-corrected chi connectivity index (χ4v) is 2.84. The minimum atomic E-state index is -1.14. The van der Waals surface area contributed by atoms with Crippen molar-refractivity contribution >= 4 is 11.9 Å². The highest BCUT2D eigenvalue weighted by molar-refractivity contribution is 5.97. The first-order valence-electron chi connectivity index (χ1n) is 8.75. The van der Waals surface area contributed by atoms with Crippen LogP contribution in [0.1, 0.15) is 39.5 Å². The van der Waals surface area contributed by atoms with E-state index in [0.717, 1.165) is 17.5 Å². The zero-order valence-electron chi connectivity index (χ0n) is 15.3.